The maximum absolute atomic E-state index is 13.2. The van der Waals surface area contributed by atoms with E-state index in [9.17, 15) is 14.4 Å². The number of carbonyl (C=O) groups is 3. The first kappa shape index (κ1) is 21.2. The van der Waals surface area contributed by atoms with Gasteiger partial charge in [0.15, 0.2) is 0 Å². The molecule has 2 amide bonds. The molecule has 6 heteroatoms. The topological polar surface area (TPSA) is 62.6 Å². The average Bonchev–Trinajstić information content (AvgIpc) is 3.53. The smallest absolute Gasteiger partial charge is 0.295 e. The van der Waals surface area contributed by atoms with Gasteiger partial charge in [-0.3, -0.25) is 14.4 Å². The van der Waals surface area contributed by atoms with Gasteiger partial charge in [0, 0.05) is 43.3 Å². The number of Topliss-reactive ketones (excluding diaryl/α,β-unsaturated/α-hetero) is 1. The van der Waals surface area contributed by atoms with Gasteiger partial charge in [-0.15, -0.1) is 0 Å². The molecule has 33 heavy (non-hydrogen) atoms. The van der Waals surface area contributed by atoms with Gasteiger partial charge in [0.25, 0.3) is 11.7 Å². The van der Waals surface area contributed by atoms with Crippen LogP contribution in [0, 0.1) is 0 Å². The van der Waals surface area contributed by atoms with Crippen molar-refractivity contribution in [1.82, 2.24) is 14.4 Å². The fourth-order valence-electron chi connectivity index (χ4n) is 4.80. The van der Waals surface area contributed by atoms with Crippen molar-refractivity contribution in [3.63, 3.8) is 0 Å². The van der Waals surface area contributed by atoms with Gasteiger partial charge >= 0.3 is 0 Å². The number of ketones is 1. The Morgan fingerprint density at radius 2 is 1.55 bits per heavy atom. The maximum atomic E-state index is 13.2. The third kappa shape index (κ3) is 4.21. The van der Waals surface area contributed by atoms with E-state index in [1.807, 2.05) is 53.4 Å². The van der Waals surface area contributed by atoms with E-state index in [2.05, 4.69) is 12.1 Å². The summed E-state index contributed by atoms with van der Waals surface area (Å²) in [5.74, 6) is -0.963. The van der Waals surface area contributed by atoms with Crippen LogP contribution >= 0.6 is 0 Å². The Morgan fingerprint density at radius 1 is 0.818 bits per heavy atom. The molecule has 0 radical (unpaired) electrons. The van der Waals surface area contributed by atoms with Gasteiger partial charge in [-0.25, -0.2) is 0 Å². The van der Waals surface area contributed by atoms with Crippen LogP contribution in [0.25, 0.3) is 16.5 Å². The lowest BCUT2D eigenvalue weighted by molar-refractivity contribution is -0.130. The fraction of sp³-hybridized carbons (Fsp3) is 0.296. The second kappa shape index (κ2) is 9.06. The van der Waals surface area contributed by atoms with E-state index in [0.717, 1.165) is 43.4 Å². The van der Waals surface area contributed by atoms with Crippen LogP contribution in [-0.4, -0.2) is 58.1 Å². The summed E-state index contributed by atoms with van der Waals surface area (Å²) in [6.07, 6.45) is 6.49. The highest BCUT2D eigenvalue weighted by Crippen LogP contribution is 2.25. The molecule has 0 saturated carbocycles. The molecule has 1 fully saturated rings. The van der Waals surface area contributed by atoms with Gasteiger partial charge in [0.1, 0.15) is 6.54 Å². The monoisotopic (exact) mass is 441 g/mol. The van der Waals surface area contributed by atoms with Crippen molar-refractivity contribution in [2.45, 2.75) is 25.8 Å². The summed E-state index contributed by atoms with van der Waals surface area (Å²) in [5, 5.41) is 0.711. The molecule has 2 aromatic carbocycles. The van der Waals surface area contributed by atoms with E-state index in [1.165, 1.54) is 5.57 Å². The summed E-state index contributed by atoms with van der Waals surface area (Å²) in [5.41, 5.74) is 3.51. The number of benzene rings is 2. The second-order valence-corrected chi connectivity index (χ2v) is 8.70. The van der Waals surface area contributed by atoms with Crippen LogP contribution in [0.4, 0.5) is 0 Å². The molecule has 0 unspecified atom stereocenters. The SMILES string of the molecule is O=C(C(=O)N1CC=C(c2ccccc2)CC1)c1cn(CC(=O)N2CCCC2)c2ccccc12. The van der Waals surface area contributed by atoms with Crippen molar-refractivity contribution in [3.8, 4) is 0 Å². The van der Waals surface area contributed by atoms with E-state index in [4.69, 9.17) is 0 Å². The first-order chi connectivity index (χ1) is 16.1. The Kier molecular flexibility index (Phi) is 5.82. The van der Waals surface area contributed by atoms with Gasteiger partial charge in [0.05, 0.1) is 5.56 Å². The number of rotatable bonds is 5. The minimum absolute atomic E-state index is 0.0492. The third-order valence-electron chi connectivity index (χ3n) is 6.63. The van der Waals surface area contributed by atoms with Crippen molar-refractivity contribution >= 4 is 34.1 Å². The van der Waals surface area contributed by atoms with Gasteiger partial charge < -0.3 is 14.4 Å². The molecule has 6 nitrogen and oxygen atoms in total. The minimum Gasteiger partial charge on any atom is -0.341 e. The molecule has 1 aromatic heterocycles. The summed E-state index contributed by atoms with van der Waals surface area (Å²) in [4.78, 5) is 42.5. The van der Waals surface area contributed by atoms with Gasteiger partial charge in [-0.1, -0.05) is 54.6 Å². The molecule has 3 heterocycles. The maximum Gasteiger partial charge on any atom is 0.295 e. The van der Waals surface area contributed by atoms with Crippen LogP contribution in [0.15, 0.2) is 66.9 Å². The molecule has 0 bridgehead atoms. The number of fused-ring (bicyclic) bond motifs is 1. The Balaban J connectivity index is 1.35. The largest absolute Gasteiger partial charge is 0.341 e. The van der Waals surface area contributed by atoms with Crippen LogP contribution in [0.3, 0.4) is 0 Å². The summed E-state index contributed by atoms with van der Waals surface area (Å²) in [6.45, 7) is 2.68. The van der Waals surface area contributed by atoms with Crippen LogP contribution in [-0.2, 0) is 16.1 Å². The van der Waals surface area contributed by atoms with Gasteiger partial charge in [0.2, 0.25) is 5.91 Å². The molecule has 168 valence electrons. The van der Waals surface area contributed by atoms with E-state index >= 15 is 0 Å². The molecule has 0 N–H and O–H groups in total. The fourth-order valence-corrected chi connectivity index (χ4v) is 4.80. The predicted molar refractivity (Wildman–Crippen MR) is 128 cm³/mol. The molecule has 2 aliphatic rings. The standard InChI is InChI=1S/C27H27N3O3/c31-25(28-14-6-7-15-28)19-30-18-23(22-10-4-5-11-24(22)30)26(32)27(33)29-16-12-21(13-17-29)20-8-2-1-3-9-20/h1-5,8-12,18H,6-7,13-17,19H2. The number of para-hydroxylation sites is 1. The number of likely N-dealkylation sites (tertiary alicyclic amines) is 1. The van der Waals surface area contributed by atoms with Crippen molar-refractivity contribution in [2.75, 3.05) is 26.2 Å². The van der Waals surface area contributed by atoms with Crippen LogP contribution in [0.2, 0.25) is 0 Å². The molecule has 2 aliphatic heterocycles. The summed E-state index contributed by atoms with van der Waals surface area (Å²) in [6, 6.07) is 17.6. The molecule has 3 aromatic rings. The van der Waals surface area contributed by atoms with E-state index in [1.54, 1.807) is 15.7 Å². The van der Waals surface area contributed by atoms with Crippen molar-refractivity contribution in [2.24, 2.45) is 0 Å². The Bertz CT molecular complexity index is 1240. The molecule has 1 saturated heterocycles. The lowest BCUT2D eigenvalue weighted by atomic mass is 9.99. The third-order valence-corrected chi connectivity index (χ3v) is 6.63. The molecule has 0 atom stereocenters. The summed E-state index contributed by atoms with van der Waals surface area (Å²) >= 11 is 0. The molecular formula is C27H27N3O3. The van der Waals surface area contributed by atoms with Crippen molar-refractivity contribution in [1.29, 1.82) is 0 Å². The highest BCUT2D eigenvalue weighted by atomic mass is 16.2. The normalized spacial score (nSPS) is 16.2. The Hall–Kier alpha value is -3.67. The number of aromatic nitrogens is 1. The van der Waals surface area contributed by atoms with Crippen LogP contribution < -0.4 is 0 Å². The summed E-state index contributed by atoms with van der Waals surface area (Å²) < 4.78 is 1.81. The molecular weight excluding hydrogens is 414 g/mol. The second-order valence-electron chi connectivity index (χ2n) is 8.70. The lowest BCUT2D eigenvalue weighted by Gasteiger charge is -2.26. The quantitative estimate of drug-likeness (QED) is 0.447. The number of hydrogen-bond acceptors (Lipinski definition) is 3. The zero-order chi connectivity index (χ0) is 22.8. The van der Waals surface area contributed by atoms with Crippen LogP contribution in [0.5, 0.6) is 0 Å². The van der Waals surface area contributed by atoms with E-state index in [-0.39, 0.29) is 12.5 Å². The van der Waals surface area contributed by atoms with Crippen LogP contribution in [0.1, 0.15) is 35.2 Å². The van der Waals surface area contributed by atoms with Crippen molar-refractivity contribution in [3.05, 3.63) is 78.0 Å². The zero-order valence-electron chi connectivity index (χ0n) is 18.6. The predicted octanol–water partition coefficient (Wildman–Crippen LogP) is 3.76. The van der Waals surface area contributed by atoms with Gasteiger partial charge in [-0.05, 0) is 36.5 Å². The molecule has 5 rings (SSSR count). The number of nitrogens with zero attached hydrogens (tertiary/aromatic N) is 3. The lowest BCUT2D eigenvalue weighted by Crippen LogP contribution is -2.39. The highest BCUT2D eigenvalue weighted by molar-refractivity contribution is 6.45. The number of carbonyl (C=O) groups excluding carboxylic acids is 3. The minimum atomic E-state index is -0.518. The van der Waals surface area contributed by atoms with Crippen molar-refractivity contribution < 1.29 is 14.4 Å². The Morgan fingerprint density at radius 3 is 2.27 bits per heavy atom. The Labute approximate surface area is 193 Å². The highest BCUT2D eigenvalue weighted by Gasteiger charge is 2.28. The summed E-state index contributed by atoms with van der Waals surface area (Å²) in [7, 11) is 0. The first-order valence-corrected chi connectivity index (χ1v) is 11.6. The molecule has 0 spiro atoms. The average molecular weight is 442 g/mol. The number of hydrogen-bond donors (Lipinski definition) is 0. The zero-order valence-corrected chi connectivity index (χ0v) is 18.6. The van der Waals surface area contributed by atoms with Gasteiger partial charge in [-0.2, -0.15) is 0 Å². The van der Waals surface area contributed by atoms with E-state index in [0.29, 0.717) is 24.0 Å². The number of amides is 2. The molecule has 0 aliphatic carbocycles. The first-order valence-electron chi connectivity index (χ1n) is 11.6. The van der Waals surface area contributed by atoms with E-state index < -0.39 is 11.7 Å².